The number of carbonyl (C=O) groups is 2. The van der Waals surface area contributed by atoms with E-state index in [0.29, 0.717) is 4.88 Å². The molecule has 3 amide bonds. The van der Waals surface area contributed by atoms with Crippen molar-refractivity contribution in [3.05, 3.63) is 16.5 Å². The van der Waals surface area contributed by atoms with E-state index in [2.05, 4.69) is 11.2 Å². The third-order valence-electron chi connectivity index (χ3n) is 1.38. The minimum absolute atomic E-state index is 0.168. The zero-order valence-electron chi connectivity index (χ0n) is 7.03. The van der Waals surface area contributed by atoms with Crippen LogP contribution < -0.4 is 16.8 Å². The van der Waals surface area contributed by atoms with Crippen LogP contribution in [0.5, 0.6) is 0 Å². The quantitative estimate of drug-likeness (QED) is 0.611. The van der Waals surface area contributed by atoms with Gasteiger partial charge in [0.15, 0.2) is 0 Å². The van der Waals surface area contributed by atoms with E-state index in [1.54, 1.807) is 0 Å². The molecule has 1 rings (SSSR count). The second-order valence-electron chi connectivity index (χ2n) is 2.35. The van der Waals surface area contributed by atoms with Gasteiger partial charge in [0.05, 0.1) is 10.4 Å². The van der Waals surface area contributed by atoms with Gasteiger partial charge in [0.2, 0.25) is 0 Å². The lowest BCUT2D eigenvalue weighted by atomic mass is 10.3. The molecule has 0 aliphatic rings. The first kappa shape index (κ1) is 10.1. The summed E-state index contributed by atoms with van der Waals surface area (Å²) in [5.74, 6) is 1.67. The van der Waals surface area contributed by atoms with Gasteiger partial charge >= 0.3 is 6.03 Å². The Balaban J connectivity index is 3.13. The van der Waals surface area contributed by atoms with Crippen molar-refractivity contribution in [2.75, 3.05) is 5.32 Å². The molecule has 0 spiro atoms. The number of primary amides is 2. The van der Waals surface area contributed by atoms with Crippen LogP contribution in [0, 0.1) is 12.3 Å². The van der Waals surface area contributed by atoms with Gasteiger partial charge in [0, 0.05) is 0 Å². The predicted octanol–water partition coefficient (Wildman–Crippen LogP) is 0.319. The summed E-state index contributed by atoms with van der Waals surface area (Å²) in [7, 11) is 0. The molecular formula is C8H7N3O2S. The second kappa shape index (κ2) is 3.81. The molecule has 5 N–H and O–H groups in total. The Bertz CT molecular complexity index is 430. The number of urea groups is 1. The summed E-state index contributed by atoms with van der Waals surface area (Å²) in [4.78, 5) is 22.0. The van der Waals surface area contributed by atoms with Crippen molar-refractivity contribution in [1.82, 2.24) is 0 Å². The third-order valence-corrected chi connectivity index (χ3v) is 2.36. The average molecular weight is 209 g/mol. The van der Waals surface area contributed by atoms with Gasteiger partial charge < -0.3 is 11.5 Å². The monoisotopic (exact) mass is 209 g/mol. The molecule has 1 aromatic rings. The van der Waals surface area contributed by atoms with Crippen LogP contribution in [0.2, 0.25) is 0 Å². The highest BCUT2D eigenvalue weighted by Crippen LogP contribution is 2.26. The number of amides is 3. The van der Waals surface area contributed by atoms with Crippen molar-refractivity contribution >= 4 is 28.3 Å². The van der Waals surface area contributed by atoms with E-state index in [-0.39, 0.29) is 10.6 Å². The molecule has 0 saturated heterocycles. The van der Waals surface area contributed by atoms with Crippen molar-refractivity contribution in [2.24, 2.45) is 11.5 Å². The Morgan fingerprint density at radius 2 is 2.14 bits per heavy atom. The Morgan fingerprint density at radius 1 is 1.50 bits per heavy atom. The molecule has 1 heterocycles. The zero-order chi connectivity index (χ0) is 10.7. The normalized spacial score (nSPS) is 9.07. The van der Waals surface area contributed by atoms with Crippen LogP contribution in [0.4, 0.5) is 9.80 Å². The minimum atomic E-state index is -0.766. The number of anilines is 1. The predicted molar refractivity (Wildman–Crippen MR) is 54.0 cm³/mol. The molecule has 72 valence electrons. The summed E-state index contributed by atoms with van der Waals surface area (Å²) >= 11 is 1.07. The fourth-order valence-corrected chi connectivity index (χ4v) is 1.73. The van der Waals surface area contributed by atoms with Gasteiger partial charge in [-0.2, -0.15) is 0 Å². The fourth-order valence-electron chi connectivity index (χ4n) is 0.850. The summed E-state index contributed by atoms with van der Waals surface area (Å²) in [6.45, 7) is 0. The molecule has 0 fully saturated rings. The van der Waals surface area contributed by atoms with E-state index >= 15 is 0 Å². The molecule has 6 heteroatoms. The highest BCUT2D eigenvalue weighted by atomic mass is 32.1. The molecule has 0 unspecified atom stereocenters. The largest absolute Gasteiger partial charge is 0.366 e. The van der Waals surface area contributed by atoms with Gasteiger partial charge in [-0.15, -0.1) is 17.8 Å². The Kier molecular flexibility index (Phi) is 2.74. The van der Waals surface area contributed by atoms with E-state index in [1.165, 1.54) is 6.07 Å². The molecule has 0 saturated carbocycles. The van der Waals surface area contributed by atoms with Crippen LogP contribution in [-0.4, -0.2) is 11.9 Å². The maximum atomic E-state index is 10.9. The molecule has 1 aromatic heterocycles. The number of nitrogens with one attached hydrogen (secondary N) is 1. The van der Waals surface area contributed by atoms with E-state index in [9.17, 15) is 9.59 Å². The van der Waals surface area contributed by atoms with Crippen molar-refractivity contribution < 1.29 is 9.59 Å². The maximum absolute atomic E-state index is 10.9. The van der Waals surface area contributed by atoms with E-state index in [4.69, 9.17) is 17.9 Å². The second-order valence-corrected chi connectivity index (χ2v) is 3.40. The summed E-state index contributed by atoms with van der Waals surface area (Å²) in [6.07, 6.45) is 5.13. The number of nitrogens with two attached hydrogens (primary N) is 2. The minimum Gasteiger partial charge on any atom is -0.366 e. The molecule has 0 aromatic carbocycles. The van der Waals surface area contributed by atoms with Gasteiger partial charge in [-0.1, -0.05) is 5.92 Å². The van der Waals surface area contributed by atoms with Crippen molar-refractivity contribution in [3.8, 4) is 12.3 Å². The summed E-state index contributed by atoms with van der Waals surface area (Å²) in [6, 6.07) is 0.663. The molecule has 5 nitrogen and oxygen atoms in total. The molecule has 0 aliphatic heterocycles. The van der Waals surface area contributed by atoms with Crippen LogP contribution in [-0.2, 0) is 0 Å². The Morgan fingerprint density at radius 3 is 2.57 bits per heavy atom. The molecule has 0 bridgehead atoms. The lowest BCUT2D eigenvalue weighted by Gasteiger charge is -1.98. The Hall–Kier alpha value is -2.00. The summed E-state index contributed by atoms with van der Waals surface area (Å²) < 4.78 is 0. The number of terminal acetylenes is 1. The standard InChI is InChI=1S/C8H7N3O2S/c1-2-4-3-5(6(9)12)7(14-4)11-8(10)13/h1,3H,(H2,9,12)(H3,10,11,13). The van der Waals surface area contributed by atoms with Gasteiger partial charge in [-0.3, -0.25) is 10.1 Å². The smallest absolute Gasteiger partial charge is 0.317 e. The summed E-state index contributed by atoms with van der Waals surface area (Å²) in [5, 5.41) is 2.55. The van der Waals surface area contributed by atoms with Gasteiger partial charge in [-0.05, 0) is 6.07 Å². The highest BCUT2D eigenvalue weighted by Gasteiger charge is 2.13. The van der Waals surface area contributed by atoms with Crippen molar-refractivity contribution in [2.45, 2.75) is 0 Å². The number of thiophene rings is 1. The van der Waals surface area contributed by atoms with Crippen LogP contribution >= 0.6 is 11.3 Å². The van der Waals surface area contributed by atoms with Crippen molar-refractivity contribution in [3.63, 3.8) is 0 Å². The van der Waals surface area contributed by atoms with Crippen LogP contribution in [0.25, 0.3) is 0 Å². The van der Waals surface area contributed by atoms with Crippen LogP contribution in [0.15, 0.2) is 6.07 Å². The van der Waals surface area contributed by atoms with Gasteiger partial charge in [-0.25, -0.2) is 4.79 Å². The van der Waals surface area contributed by atoms with E-state index < -0.39 is 11.9 Å². The average Bonchev–Trinajstić information content (AvgIpc) is 2.46. The van der Waals surface area contributed by atoms with E-state index in [1.807, 2.05) is 0 Å². The first-order chi connectivity index (χ1) is 6.54. The number of rotatable bonds is 2. The zero-order valence-corrected chi connectivity index (χ0v) is 7.85. The van der Waals surface area contributed by atoms with Gasteiger partial charge in [0.1, 0.15) is 5.00 Å². The van der Waals surface area contributed by atoms with Gasteiger partial charge in [0.25, 0.3) is 5.91 Å². The molecular weight excluding hydrogens is 202 g/mol. The number of hydrogen-bond acceptors (Lipinski definition) is 3. The van der Waals surface area contributed by atoms with E-state index in [0.717, 1.165) is 11.3 Å². The molecule has 0 radical (unpaired) electrons. The SMILES string of the molecule is C#Cc1cc(C(N)=O)c(NC(N)=O)s1. The lowest BCUT2D eigenvalue weighted by molar-refractivity contribution is 0.100. The summed E-state index contributed by atoms with van der Waals surface area (Å²) in [5.41, 5.74) is 10.1. The highest BCUT2D eigenvalue weighted by molar-refractivity contribution is 7.17. The fraction of sp³-hybridized carbons (Fsp3) is 0. The first-order valence-electron chi connectivity index (χ1n) is 3.51. The number of hydrogen-bond donors (Lipinski definition) is 3. The Labute approximate surface area is 84.1 Å². The lowest BCUT2D eigenvalue weighted by Crippen LogP contribution is -2.21. The third kappa shape index (κ3) is 2.02. The molecule has 14 heavy (non-hydrogen) atoms. The van der Waals surface area contributed by atoms with Crippen LogP contribution in [0.1, 0.15) is 15.2 Å². The van der Waals surface area contributed by atoms with Crippen LogP contribution in [0.3, 0.4) is 0 Å². The topological polar surface area (TPSA) is 98.2 Å². The molecule has 0 atom stereocenters. The molecule has 0 aliphatic carbocycles. The van der Waals surface area contributed by atoms with Crippen molar-refractivity contribution in [1.29, 1.82) is 0 Å². The first-order valence-corrected chi connectivity index (χ1v) is 4.33. The maximum Gasteiger partial charge on any atom is 0.317 e. The number of carbonyl (C=O) groups excluding carboxylic acids is 2.